The second kappa shape index (κ2) is 4.86. The van der Waals surface area contributed by atoms with Gasteiger partial charge >= 0.3 is 12.3 Å². The molecule has 1 aromatic heterocycles. The largest absolute Gasteiger partial charge is 0.453 e. The molecule has 0 aliphatic heterocycles. The maximum atomic E-state index is 12.4. The van der Waals surface area contributed by atoms with Crippen molar-refractivity contribution in [1.82, 2.24) is 15.5 Å². The molecular weight excluding hydrogens is 227 g/mol. The van der Waals surface area contributed by atoms with Crippen molar-refractivity contribution >= 4 is 6.09 Å². The lowest BCUT2D eigenvalue weighted by Gasteiger charge is -2.07. The molecule has 8 heteroatoms. The van der Waals surface area contributed by atoms with Crippen LogP contribution in [0.2, 0.25) is 0 Å². The molecule has 0 radical (unpaired) electrons. The normalized spacial score (nSPS) is 11.2. The fraction of sp³-hybridized carbons (Fsp3) is 0.500. The maximum absolute atomic E-state index is 12.4. The van der Waals surface area contributed by atoms with Gasteiger partial charge in [0.25, 0.3) is 0 Å². The van der Waals surface area contributed by atoms with Crippen molar-refractivity contribution in [2.75, 3.05) is 13.7 Å². The summed E-state index contributed by atoms with van der Waals surface area (Å²) in [5, 5.41) is 7.48. The summed E-state index contributed by atoms with van der Waals surface area (Å²) in [7, 11) is 1.17. The number of hydrogen-bond acceptors (Lipinski definition) is 3. The molecule has 16 heavy (non-hydrogen) atoms. The van der Waals surface area contributed by atoms with Crippen LogP contribution in [0.1, 0.15) is 11.3 Å². The predicted molar refractivity (Wildman–Crippen MR) is 47.7 cm³/mol. The number of alkyl halides is 3. The number of alkyl carbamates (subject to hydrolysis) is 1. The second-order valence-corrected chi connectivity index (χ2v) is 2.94. The zero-order valence-corrected chi connectivity index (χ0v) is 8.39. The van der Waals surface area contributed by atoms with E-state index in [-0.39, 0.29) is 18.5 Å². The van der Waals surface area contributed by atoms with Crippen molar-refractivity contribution in [3.63, 3.8) is 0 Å². The highest BCUT2D eigenvalue weighted by atomic mass is 19.4. The number of carbonyl (C=O) groups excluding carboxylic acids is 1. The number of halogens is 3. The minimum atomic E-state index is -4.46. The summed E-state index contributed by atoms with van der Waals surface area (Å²) in [6, 6.07) is 0. The Morgan fingerprint density at radius 2 is 2.31 bits per heavy atom. The lowest BCUT2D eigenvalue weighted by molar-refractivity contribution is -0.141. The van der Waals surface area contributed by atoms with Gasteiger partial charge in [-0.3, -0.25) is 5.10 Å². The first kappa shape index (κ1) is 12.3. The molecule has 1 heterocycles. The summed E-state index contributed by atoms with van der Waals surface area (Å²) in [6.07, 6.45) is -4.03. The predicted octanol–water partition coefficient (Wildman–Crippen LogP) is 1.33. The molecule has 0 saturated carbocycles. The third kappa shape index (κ3) is 3.14. The van der Waals surface area contributed by atoms with E-state index in [1.165, 1.54) is 7.11 Å². The topological polar surface area (TPSA) is 67.0 Å². The van der Waals surface area contributed by atoms with Crippen LogP contribution in [-0.2, 0) is 17.3 Å². The minimum absolute atomic E-state index is 0.00361. The highest BCUT2D eigenvalue weighted by molar-refractivity contribution is 5.66. The Morgan fingerprint density at radius 3 is 2.88 bits per heavy atom. The van der Waals surface area contributed by atoms with Crippen LogP contribution in [0.15, 0.2) is 6.20 Å². The Kier molecular flexibility index (Phi) is 3.75. The number of nitrogens with zero attached hydrogens (tertiary/aromatic N) is 1. The quantitative estimate of drug-likeness (QED) is 0.833. The molecule has 0 aromatic carbocycles. The summed E-state index contributed by atoms with van der Waals surface area (Å²) < 4.78 is 41.3. The number of amides is 1. The van der Waals surface area contributed by atoms with Crippen LogP contribution >= 0.6 is 0 Å². The van der Waals surface area contributed by atoms with Gasteiger partial charge in [-0.2, -0.15) is 18.3 Å². The van der Waals surface area contributed by atoms with Gasteiger partial charge in [0.2, 0.25) is 0 Å². The van der Waals surface area contributed by atoms with E-state index >= 15 is 0 Å². The van der Waals surface area contributed by atoms with E-state index in [0.717, 1.165) is 6.20 Å². The van der Waals surface area contributed by atoms with Gasteiger partial charge in [-0.05, 0) is 6.42 Å². The molecule has 0 bridgehead atoms. The van der Waals surface area contributed by atoms with Crippen molar-refractivity contribution in [3.05, 3.63) is 17.5 Å². The molecule has 1 rings (SSSR count). The lowest BCUT2D eigenvalue weighted by Crippen LogP contribution is -2.25. The summed E-state index contributed by atoms with van der Waals surface area (Å²) in [5.74, 6) is 0. The van der Waals surface area contributed by atoms with E-state index in [1.807, 2.05) is 5.10 Å². The number of ether oxygens (including phenoxy) is 1. The van der Waals surface area contributed by atoms with Crippen LogP contribution in [0, 0.1) is 0 Å². The van der Waals surface area contributed by atoms with Crippen LogP contribution < -0.4 is 5.32 Å². The van der Waals surface area contributed by atoms with E-state index < -0.39 is 18.0 Å². The summed E-state index contributed by atoms with van der Waals surface area (Å²) in [6.45, 7) is 0.0509. The van der Waals surface area contributed by atoms with E-state index in [1.54, 1.807) is 0 Å². The van der Waals surface area contributed by atoms with Gasteiger partial charge in [0.05, 0.1) is 13.3 Å². The first-order valence-electron chi connectivity index (χ1n) is 4.36. The van der Waals surface area contributed by atoms with Crippen LogP contribution in [0.4, 0.5) is 18.0 Å². The number of aromatic amines is 1. The van der Waals surface area contributed by atoms with Crippen molar-refractivity contribution in [1.29, 1.82) is 0 Å². The van der Waals surface area contributed by atoms with Crippen molar-refractivity contribution in [2.45, 2.75) is 12.6 Å². The number of hydrogen-bond donors (Lipinski definition) is 2. The molecule has 2 N–H and O–H groups in total. The highest BCUT2D eigenvalue weighted by Gasteiger charge is 2.35. The van der Waals surface area contributed by atoms with Gasteiger partial charge in [0.15, 0.2) is 0 Å². The van der Waals surface area contributed by atoms with Gasteiger partial charge in [0, 0.05) is 12.1 Å². The minimum Gasteiger partial charge on any atom is -0.453 e. The van der Waals surface area contributed by atoms with Gasteiger partial charge in [0.1, 0.15) is 5.69 Å². The standard InChI is InChI=1S/C8H10F3N3O2/c1-16-7(15)12-3-2-5-4-13-14-6(5)8(9,10)11/h4H,2-3H2,1H3,(H,12,15)(H,13,14). The van der Waals surface area contributed by atoms with Crippen LogP contribution in [-0.4, -0.2) is 29.9 Å². The average molecular weight is 237 g/mol. The smallest absolute Gasteiger partial charge is 0.433 e. The number of methoxy groups -OCH3 is 1. The molecule has 90 valence electrons. The van der Waals surface area contributed by atoms with Gasteiger partial charge in [-0.15, -0.1) is 0 Å². The Bertz CT molecular complexity index is 362. The van der Waals surface area contributed by atoms with Gasteiger partial charge in [-0.25, -0.2) is 4.79 Å². The van der Waals surface area contributed by atoms with Crippen molar-refractivity contribution < 1.29 is 22.7 Å². The fourth-order valence-electron chi connectivity index (χ4n) is 1.12. The SMILES string of the molecule is COC(=O)NCCc1cn[nH]c1C(F)(F)F. The summed E-state index contributed by atoms with van der Waals surface area (Å²) in [4.78, 5) is 10.6. The first-order chi connectivity index (χ1) is 7.45. The zero-order chi connectivity index (χ0) is 12.2. The van der Waals surface area contributed by atoms with E-state index in [9.17, 15) is 18.0 Å². The number of rotatable bonds is 3. The molecule has 0 saturated heterocycles. The van der Waals surface area contributed by atoms with Gasteiger partial charge < -0.3 is 10.1 Å². The Balaban J connectivity index is 2.55. The molecule has 1 aromatic rings. The molecule has 5 nitrogen and oxygen atoms in total. The first-order valence-corrected chi connectivity index (χ1v) is 4.36. The van der Waals surface area contributed by atoms with Gasteiger partial charge in [-0.1, -0.05) is 0 Å². The average Bonchev–Trinajstić information content (AvgIpc) is 2.65. The zero-order valence-electron chi connectivity index (χ0n) is 8.39. The van der Waals surface area contributed by atoms with Crippen LogP contribution in [0.25, 0.3) is 0 Å². The summed E-state index contributed by atoms with van der Waals surface area (Å²) >= 11 is 0. The van der Waals surface area contributed by atoms with E-state index in [0.29, 0.717) is 0 Å². The molecule has 0 fully saturated rings. The third-order valence-electron chi connectivity index (χ3n) is 1.85. The number of nitrogens with one attached hydrogen (secondary N) is 2. The van der Waals surface area contributed by atoms with Crippen molar-refractivity contribution in [2.24, 2.45) is 0 Å². The number of carbonyl (C=O) groups is 1. The molecule has 1 amide bonds. The molecule has 0 aliphatic carbocycles. The number of H-pyrrole nitrogens is 1. The third-order valence-corrected chi connectivity index (χ3v) is 1.85. The Hall–Kier alpha value is -1.73. The van der Waals surface area contributed by atoms with Crippen LogP contribution in [0.3, 0.4) is 0 Å². The summed E-state index contributed by atoms with van der Waals surface area (Å²) in [5.41, 5.74) is -0.886. The Labute approximate surface area is 89.0 Å². The second-order valence-electron chi connectivity index (χ2n) is 2.94. The van der Waals surface area contributed by atoms with Crippen LogP contribution in [0.5, 0.6) is 0 Å². The van der Waals surface area contributed by atoms with E-state index in [4.69, 9.17) is 0 Å². The number of aromatic nitrogens is 2. The molecule has 0 aliphatic rings. The molecule has 0 unspecified atom stereocenters. The van der Waals surface area contributed by atoms with E-state index in [2.05, 4.69) is 15.2 Å². The molecular formula is C8H10F3N3O2. The fourth-order valence-corrected chi connectivity index (χ4v) is 1.12. The molecule has 0 atom stereocenters. The maximum Gasteiger partial charge on any atom is 0.433 e. The monoisotopic (exact) mass is 237 g/mol. The Morgan fingerprint density at radius 1 is 1.62 bits per heavy atom. The van der Waals surface area contributed by atoms with Crippen molar-refractivity contribution in [3.8, 4) is 0 Å². The highest BCUT2D eigenvalue weighted by Crippen LogP contribution is 2.29. The lowest BCUT2D eigenvalue weighted by atomic mass is 10.2. The molecule has 0 spiro atoms.